The quantitative estimate of drug-likeness (QED) is 0.567. The Morgan fingerprint density at radius 3 is 2.00 bits per heavy atom. The molecule has 0 spiro atoms. The van der Waals surface area contributed by atoms with Gasteiger partial charge in [-0.15, -0.1) is 0 Å². The van der Waals surface area contributed by atoms with E-state index in [1.807, 2.05) is 13.0 Å². The van der Waals surface area contributed by atoms with Crippen LogP contribution < -0.4 is 4.74 Å². The normalized spacial score (nSPS) is 12.1. The summed E-state index contributed by atoms with van der Waals surface area (Å²) in [5.41, 5.74) is 3.85. The van der Waals surface area contributed by atoms with E-state index < -0.39 is 0 Å². The molecule has 23 heavy (non-hydrogen) atoms. The Bertz CT molecular complexity index is 699. The molecular weight excluding hydrogens is 284 g/mol. The number of Topliss-reactive ketones (excluding diaryl/α,β-unsaturated/α-hetero) is 1. The maximum Gasteiger partial charge on any atom is 0.188 e. The Morgan fingerprint density at radius 2 is 1.52 bits per heavy atom. The van der Waals surface area contributed by atoms with Crippen LogP contribution in [0.2, 0.25) is 0 Å². The van der Waals surface area contributed by atoms with Gasteiger partial charge < -0.3 is 4.74 Å². The molecule has 0 aliphatic heterocycles. The highest BCUT2D eigenvalue weighted by atomic mass is 16.5. The third kappa shape index (κ3) is 4.32. The Hall–Kier alpha value is -2.35. The minimum atomic E-state index is 0.0348. The first-order valence-electron chi connectivity index (χ1n) is 7.79. The van der Waals surface area contributed by atoms with E-state index in [0.29, 0.717) is 5.56 Å². The summed E-state index contributed by atoms with van der Waals surface area (Å²) in [5.74, 6) is 0.786. The lowest BCUT2D eigenvalue weighted by atomic mass is 9.86. The van der Waals surface area contributed by atoms with Crippen LogP contribution in [0.3, 0.4) is 0 Å². The van der Waals surface area contributed by atoms with Gasteiger partial charge in [-0.2, -0.15) is 0 Å². The molecular formula is C21H24O2. The molecule has 0 unspecified atom stereocenters. The lowest BCUT2D eigenvalue weighted by molar-refractivity contribution is 0.103. The standard InChI is InChI=1S/C21H24O2/c1-15(20(22)17-8-12-19(23-5)13-9-17)14-16-6-10-18(11-7-16)21(2,3)4/h6-14H,1-5H3/b15-14+. The van der Waals surface area contributed by atoms with Gasteiger partial charge in [0, 0.05) is 5.56 Å². The van der Waals surface area contributed by atoms with Crippen molar-refractivity contribution >= 4 is 11.9 Å². The molecule has 0 heterocycles. The topological polar surface area (TPSA) is 26.3 Å². The number of rotatable bonds is 4. The van der Waals surface area contributed by atoms with Gasteiger partial charge in [-0.3, -0.25) is 4.79 Å². The zero-order chi connectivity index (χ0) is 17.0. The summed E-state index contributed by atoms with van der Waals surface area (Å²) >= 11 is 0. The van der Waals surface area contributed by atoms with Crippen LogP contribution in [0.4, 0.5) is 0 Å². The number of ether oxygens (including phenoxy) is 1. The van der Waals surface area contributed by atoms with Crippen LogP contribution in [0.5, 0.6) is 5.75 Å². The average molecular weight is 308 g/mol. The zero-order valence-electron chi connectivity index (χ0n) is 14.5. The molecule has 0 radical (unpaired) electrons. The molecule has 0 saturated carbocycles. The SMILES string of the molecule is COc1ccc(C(=O)/C(C)=C/c2ccc(C(C)(C)C)cc2)cc1. The molecule has 0 saturated heterocycles. The summed E-state index contributed by atoms with van der Waals surface area (Å²) < 4.78 is 5.12. The van der Waals surface area contributed by atoms with E-state index >= 15 is 0 Å². The van der Waals surface area contributed by atoms with Crippen molar-refractivity contribution in [3.63, 3.8) is 0 Å². The molecule has 0 aliphatic carbocycles. The van der Waals surface area contributed by atoms with E-state index in [9.17, 15) is 4.79 Å². The number of hydrogen-bond acceptors (Lipinski definition) is 2. The van der Waals surface area contributed by atoms with Crippen LogP contribution in [0.25, 0.3) is 6.08 Å². The van der Waals surface area contributed by atoms with Gasteiger partial charge >= 0.3 is 0 Å². The highest BCUT2D eigenvalue weighted by Gasteiger charge is 2.13. The first-order chi connectivity index (χ1) is 10.8. The largest absolute Gasteiger partial charge is 0.497 e. The predicted octanol–water partition coefficient (Wildman–Crippen LogP) is 5.28. The van der Waals surface area contributed by atoms with E-state index in [4.69, 9.17) is 4.74 Å². The van der Waals surface area contributed by atoms with Gasteiger partial charge in [-0.1, -0.05) is 45.0 Å². The van der Waals surface area contributed by atoms with Crippen molar-refractivity contribution in [2.45, 2.75) is 33.1 Å². The molecule has 120 valence electrons. The summed E-state index contributed by atoms with van der Waals surface area (Å²) in [5, 5.41) is 0. The second kappa shape index (κ2) is 6.82. The van der Waals surface area contributed by atoms with Crippen molar-refractivity contribution in [3.05, 3.63) is 70.8 Å². The van der Waals surface area contributed by atoms with Crippen molar-refractivity contribution in [2.24, 2.45) is 0 Å². The van der Waals surface area contributed by atoms with E-state index in [2.05, 4.69) is 45.0 Å². The number of ketones is 1. The van der Waals surface area contributed by atoms with Gasteiger partial charge in [0.1, 0.15) is 5.75 Å². The Labute approximate surface area is 138 Å². The fourth-order valence-electron chi connectivity index (χ4n) is 2.36. The minimum absolute atomic E-state index is 0.0348. The van der Waals surface area contributed by atoms with Gasteiger partial charge in [0.25, 0.3) is 0 Å². The minimum Gasteiger partial charge on any atom is -0.497 e. The molecule has 0 aliphatic rings. The summed E-state index contributed by atoms with van der Waals surface area (Å²) in [6.07, 6.45) is 1.93. The highest BCUT2D eigenvalue weighted by Crippen LogP contribution is 2.23. The Balaban J connectivity index is 2.19. The third-order valence-corrected chi connectivity index (χ3v) is 3.87. The van der Waals surface area contributed by atoms with Crippen LogP contribution in [0.15, 0.2) is 54.1 Å². The molecule has 2 nitrogen and oxygen atoms in total. The molecule has 2 aromatic carbocycles. The fourth-order valence-corrected chi connectivity index (χ4v) is 2.36. The number of allylic oxidation sites excluding steroid dienone is 1. The number of methoxy groups -OCH3 is 1. The smallest absolute Gasteiger partial charge is 0.188 e. The van der Waals surface area contributed by atoms with E-state index in [-0.39, 0.29) is 11.2 Å². The van der Waals surface area contributed by atoms with Gasteiger partial charge in [-0.25, -0.2) is 0 Å². The summed E-state index contributed by atoms with van der Waals surface area (Å²) in [6, 6.07) is 15.6. The number of hydrogen-bond donors (Lipinski definition) is 0. The number of carbonyl (C=O) groups excluding carboxylic acids is 1. The monoisotopic (exact) mass is 308 g/mol. The second-order valence-corrected chi connectivity index (χ2v) is 6.76. The molecule has 2 aromatic rings. The van der Waals surface area contributed by atoms with Crippen molar-refractivity contribution in [1.82, 2.24) is 0 Å². The van der Waals surface area contributed by atoms with Crippen LogP contribution in [-0.4, -0.2) is 12.9 Å². The summed E-state index contributed by atoms with van der Waals surface area (Å²) in [7, 11) is 1.61. The average Bonchev–Trinajstić information content (AvgIpc) is 2.54. The summed E-state index contributed by atoms with van der Waals surface area (Å²) in [6.45, 7) is 8.42. The third-order valence-electron chi connectivity index (χ3n) is 3.87. The summed E-state index contributed by atoms with van der Waals surface area (Å²) in [4.78, 5) is 12.5. The van der Waals surface area contributed by atoms with Crippen LogP contribution in [0, 0.1) is 0 Å². The molecule has 0 amide bonds. The van der Waals surface area contributed by atoms with Crippen LogP contribution in [-0.2, 0) is 5.41 Å². The van der Waals surface area contributed by atoms with Crippen molar-refractivity contribution < 1.29 is 9.53 Å². The van der Waals surface area contributed by atoms with Crippen molar-refractivity contribution in [2.75, 3.05) is 7.11 Å². The maximum atomic E-state index is 12.5. The van der Waals surface area contributed by atoms with Crippen molar-refractivity contribution in [1.29, 1.82) is 0 Å². The predicted molar refractivity (Wildman–Crippen MR) is 96.1 cm³/mol. The maximum absolute atomic E-state index is 12.5. The zero-order valence-corrected chi connectivity index (χ0v) is 14.5. The molecule has 2 rings (SSSR count). The van der Waals surface area contributed by atoms with Gasteiger partial charge in [0.2, 0.25) is 0 Å². The highest BCUT2D eigenvalue weighted by molar-refractivity contribution is 6.10. The molecule has 0 bridgehead atoms. The molecule has 0 atom stereocenters. The first kappa shape index (κ1) is 17.0. The second-order valence-electron chi connectivity index (χ2n) is 6.76. The van der Waals surface area contributed by atoms with Crippen molar-refractivity contribution in [3.8, 4) is 5.75 Å². The lowest BCUT2D eigenvalue weighted by Gasteiger charge is -2.18. The van der Waals surface area contributed by atoms with Crippen LogP contribution >= 0.6 is 0 Å². The number of benzene rings is 2. The van der Waals surface area contributed by atoms with E-state index in [1.165, 1.54) is 5.56 Å². The van der Waals surface area contributed by atoms with E-state index in [1.54, 1.807) is 31.4 Å². The van der Waals surface area contributed by atoms with Gasteiger partial charge in [0.15, 0.2) is 5.78 Å². The van der Waals surface area contributed by atoms with Gasteiger partial charge in [0.05, 0.1) is 7.11 Å². The fraction of sp³-hybridized carbons (Fsp3) is 0.286. The molecule has 0 fully saturated rings. The Kier molecular flexibility index (Phi) is 5.05. The Morgan fingerprint density at radius 1 is 0.957 bits per heavy atom. The van der Waals surface area contributed by atoms with E-state index in [0.717, 1.165) is 16.9 Å². The molecule has 0 N–H and O–H groups in total. The van der Waals surface area contributed by atoms with Gasteiger partial charge in [-0.05, 0) is 59.4 Å². The molecule has 2 heteroatoms. The number of carbonyl (C=O) groups is 1. The molecule has 0 aromatic heterocycles. The van der Waals surface area contributed by atoms with Crippen LogP contribution in [0.1, 0.15) is 49.2 Å². The lowest BCUT2D eigenvalue weighted by Crippen LogP contribution is -2.10. The first-order valence-corrected chi connectivity index (χ1v) is 7.79.